The van der Waals surface area contributed by atoms with Crippen LogP contribution in [0.1, 0.15) is 0 Å². The molecular formula is C8H8N2OS. The van der Waals surface area contributed by atoms with Crippen LogP contribution in [-0.2, 0) is 4.84 Å². The van der Waals surface area contributed by atoms with Crippen molar-refractivity contribution >= 4 is 11.9 Å². The van der Waals surface area contributed by atoms with Crippen LogP contribution >= 0.6 is 11.9 Å². The highest BCUT2D eigenvalue weighted by molar-refractivity contribution is 7.96. The summed E-state index contributed by atoms with van der Waals surface area (Å²) in [6.07, 6.45) is 3.33. The van der Waals surface area contributed by atoms with Crippen molar-refractivity contribution in [2.75, 3.05) is 0 Å². The quantitative estimate of drug-likeness (QED) is 0.703. The van der Waals surface area contributed by atoms with E-state index in [2.05, 4.69) is 5.43 Å². The predicted octanol–water partition coefficient (Wildman–Crippen LogP) is 1.92. The first-order valence-electron chi connectivity index (χ1n) is 3.56. The molecule has 0 aliphatic carbocycles. The number of hydrogen-bond acceptors (Lipinski definition) is 4. The second-order valence-corrected chi connectivity index (χ2v) is 3.18. The average molecular weight is 180 g/mol. The second-order valence-electron chi connectivity index (χ2n) is 2.20. The maximum Gasteiger partial charge on any atom is 0.132 e. The summed E-state index contributed by atoms with van der Waals surface area (Å²) in [5.74, 6) is 0. The van der Waals surface area contributed by atoms with Crippen molar-refractivity contribution in [1.29, 1.82) is 0 Å². The van der Waals surface area contributed by atoms with Crippen molar-refractivity contribution in [3.8, 4) is 0 Å². The number of hydrazine groups is 1. The Labute approximate surface area is 75.1 Å². The Kier molecular flexibility index (Phi) is 2.20. The fourth-order valence-electron chi connectivity index (χ4n) is 0.832. The zero-order valence-electron chi connectivity index (χ0n) is 6.31. The van der Waals surface area contributed by atoms with Crippen molar-refractivity contribution in [3.05, 3.63) is 42.8 Å². The van der Waals surface area contributed by atoms with Crippen LogP contribution in [0.4, 0.5) is 0 Å². The zero-order chi connectivity index (χ0) is 8.23. The fraction of sp³-hybridized carbons (Fsp3) is 0. The molecule has 0 unspecified atom stereocenters. The molecule has 1 heterocycles. The van der Waals surface area contributed by atoms with Gasteiger partial charge in [0.15, 0.2) is 0 Å². The van der Waals surface area contributed by atoms with Crippen LogP contribution in [0, 0.1) is 0 Å². The molecule has 1 aliphatic rings. The molecule has 0 amide bonds. The van der Waals surface area contributed by atoms with E-state index in [1.807, 2.05) is 30.3 Å². The lowest BCUT2D eigenvalue weighted by molar-refractivity contribution is -0.00832. The highest BCUT2D eigenvalue weighted by atomic mass is 32.2. The smallest absolute Gasteiger partial charge is 0.132 e. The maximum atomic E-state index is 5.06. The molecule has 62 valence electrons. The molecule has 0 bridgehead atoms. The zero-order valence-corrected chi connectivity index (χ0v) is 7.12. The lowest BCUT2D eigenvalue weighted by atomic mass is 10.4. The van der Waals surface area contributed by atoms with Crippen LogP contribution in [0.3, 0.4) is 0 Å². The molecule has 4 heteroatoms. The van der Waals surface area contributed by atoms with Crippen LogP contribution < -0.4 is 5.43 Å². The van der Waals surface area contributed by atoms with E-state index in [9.17, 15) is 0 Å². The van der Waals surface area contributed by atoms with Gasteiger partial charge in [0.05, 0.1) is 6.20 Å². The van der Waals surface area contributed by atoms with Crippen molar-refractivity contribution in [2.45, 2.75) is 4.90 Å². The molecule has 12 heavy (non-hydrogen) atoms. The van der Waals surface area contributed by atoms with E-state index in [0.717, 1.165) is 4.90 Å². The molecule has 1 aliphatic heterocycles. The summed E-state index contributed by atoms with van der Waals surface area (Å²) in [5.41, 5.74) is 2.90. The van der Waals surface area contributed by atoms with Crippen LogP contribution in [0.15, 0.2) is 47.7 Å². The molecule has 1 N–H and O–H groups in total. The molecule has 1 aromatic carbocycles. The van der Waals surface area contributed by atoms with E-state index in [0.29, 0.717) is 0 Å². The van der Waals surface area contributed by atoms with Gasteiger partial charge >= 0.3 is 0 Å². The number of nitrogens with one attached hydrogen (secondary N) is 1. The number of nitrogens with zero attached hydrogens (tertiary/aromatic N) is 1. The maximum absolute atomic E-state index is 5.06. The summed E-state index contributed by atoms with van der Waals surface area (Å²) in [7, 11) is 0. The van der Waals surface area contributed by atoms with Crippen LogP contribution in [0.25, 0.3) is 0 Å². The first-order valence-corrected chi connectivity index (χ1v) is 4.33. The Bertz CT molecular complexity index is 268. The summed E-state index contributed by atoms with van der Waals surface area (Å²) in [6, 6.07) is 10.0. The van der Waals surface area contributed by atoms with Gasteiger partial charge in [0.2, 0.25) is 0 Å². The van der Waals surface area contributed by atoms with E-state index >= 15 is 0 Å². The lowest BCUT2D eigenvalue weighted by Gasteiger charge is -2.11. The minimum absolute atomic E-state index is 1.13. The van der Waals surface area contributed by atoms with Gasteiger partial charge in [0.1, 0.15) is 6.26 Å². The van der Waals surface area contributed by atoms with Gasteiger partial charge in [-0.05, 0) is 12.1 Å². The number of hydrogen-bond donors (Lipinski definition) is 1. The van der Waals surface area contributed by atoms with E-state index in [4.69, 9.17) is 4.84 Å². The van der Waals surface area contributed by atoms with Crippen LogP contribution in [0.5, 0.6) is 0 Å². The van der Waals surface area contributed by atoms with Gasteiger partial charge < -0.3 is 4.84 Å². The van der Waals surface area contributed by atoms with Crippen molar-refractivity contribution in [2.24, 2.45) is 0 Å². The molecule has 0 saturated carbocycles. The first-order chi connectivity index (χ1) is 5.95. The minimum atomic E-state index is 1.13. The average Bonchev–Trinajstić information content (AvgIpc) is 2.59. The van der Waals surface area contributed by atoms with Crippen molar-refractivity contribution < 1.29 is 4.84 Å². The molecule has 3 nitrogen and oxygen atoms in total. The summed E-state index contributed by atoms with van der Waals surface area (Å²) in [6.45, 7) is 0. The van der Waals surface area contributed by atoms with E-state index in [-0.39, 0.29) is 0 Å². The molecule has 0 fully saturated rings. The summed E-state index contributed by atoms with van der Waals surface area (Å²) >= 11 is 1.49. The molecule has 2 rings (SSSR count). The highest BCUT2D eigenvalue weighted by Crippen LogP contribution is 2.21. The minimum Gasteiger partial charge on any atom is -0.381 e. The molecule has 0 radical (unpaired) electrons. The monoisotopic (exact) mass is 180 g/mol. The first kappa shape index (κ1) is 7.52. The van der Waals surface area contributed by atoms with E-state index in [1.165, 1.54) is 11.9 Å². The Morgan fingerprint density at radius 3 is 2.75 bits per heavy atom. The topological polar surface area (TPSA) is 24.5 Å². The molecular weight excluding hydrogens is 172 g/mol. The van der Waals surface area contributed by atoms with Gasteiger partial charge in [-0.25, -0.2) is 0 Å². The summed E-state index contributed by atoms with van der Waals surface area (Å²) in [4.78, 5) is 6.19. The molecule has 1 aromatic rings. The van der Waals surface area contributed by atoms with Gasteiger partial charge in [-0.2, -0.15) is 0 Å². The van der Waals surface area contributed by atoms with Crippen LogP contribution in [0.2, 0.25) is 0 Å². The summed E-state index contributed by atoms with van der Waals surface area (Å²) in [5, 5.41) is 0. The van der Waals surface area contributed by atoms with Gasteiger partial charge in [0, 0.05) is 21.4 Å². The van der Waals surface area contributed by atoms with E-state index < -0.39 is 0 Å². The number of rotatable bonds is 2. The lowest BCUT2D eigenvalue weighted by Crippen LogP contribution is -2.19. The molecule has 0 aromatic heterocycles. The molecule has 0 atom stereocenters. The van der Waals surface area contributed by atoms with Gasteiger partial charge in [-0.15, -0.1) is 0 Å². The predicted molar refractivity (Wildman–Crippen MR) is 47.5 cm³/mol. The molecule has 0 saturated heterocycles. The highest BCUT2D eigenvalue weighted by Gasteiger charge is 2.07. The SMILES string of the molecule is C1=CON(Sc2ccccc2)N1. The van der Waals surface area contributed by atoms with Crippen LogP contribution in [-0.4, -0.2) is 4.58 Å². The third-order valence-corrected chi connectivity index (χ3v) is 2.18. The Morgan fingerprint density at radius 1 is 1.25 bits per heavy atom. The Morgan fingerprint density at radius 2 is 2.08 bits per heavy atom. The summed E-state index contributed by atoms with van der Waals surface area (Å²) < 4.78 is 1.58. The normalized spacial score (nSPS) is 15.7. The van der Waals surface area contributed by atoms with Gasteiger partial charge in [0.25, 0.3) is 0 Å². The van der Waals surface area contributed by atoms with Crippen molar-refractivity contribution in [1.82, 2.24) is 10.0 Å². The van der Waals surface area contributed by atoms with Gasteiger partial charge in [-0.1, -0.05) is 18.2 Å². The van der Waals surface area contributed by atoms with E-state index in [1.54, 1.807) is 17.0 Å². The largest absolute Gasteiger partial charge is 0.381 e. The van der Waals surface area contributed by atoms with Gasteiger partial charge in [-0.3, -0.25) is 5.43 Å². The third-order valence-electron chi connectivity index (χ3n) is 1.34. The second kappa shape index (κ2) is 3.51. The fourth-order valence-corrected chi connectivity index (χ4v) is 1.51. The molecule has 0 spiro atoms. The standard InChI is InChI=1S/C8H8N2OS/c1-2-4-8(5-3-1)12-10-9-6-7-11-10/h1-7,9H. The number of benzene rings is 1. The van der Waals surface area contributed by atoms with Crippen molar-refractivity contribution in [3.63, 3.8) is 0 Å². The third kappa shape index (κ3) is 1.72. The Hall–Kier alpha value is -1.13. The Balaban J connectivity index is 1.95.